The summed E-state index contributed by atoms with van der Waals surface area (Å²) in [6, 6.07) is 14.0. The summed E-state index contributed by atoms with van der Waals surface area (Å²) >= 11 is 0. The van der Waals surface area contributed by atoms with E-state index >= 15 is 0 Å². The number of anilines is 8. The molecule has 0 unspecified atom stereocenters. The summed E-state index contributed by atoms with van der Waals surface area (Å²) in [4.78, 5) is 162. The van der Waals surface area contributed by atoms with Gasteiger partial charge in [-0.1, -0.05) is 30.3 Å². The van der Waals surface area contributed by atoms with Crippen molar-refractivity contribution in [3.8, 4) is 0 Å². The normalized spacial score (nSPS) is 16.1. The van der Waals surface area contributed by atoms with Gasteiger partial charge in [-0.2, -0.15) is 0 Å². The molecule has 1 aromatic carbocycles. The van der Waals surface area contributed by atoms with Gasteiger partial charge in [-0.3, -0.25) is 47.9 Å². The predicted octanol–water partition coefficient (Wildman–Crippen LogP) is 2.55. The van der Waals surface area contributed by atoms with Crippen LogP contribution < -0.4 is 64.2 Å². The molecule has 498 valence electrons. The lowest BCUT2D eigenvalue weighted by Crippen LogP contribution is -2.45. The second kappa shape index (κ2) is 28.0. The van der Waals surface area contributed by atoms with E-state index in [9.17, 15) is 52.7 Å². The van der Waals surface area contributed by atoms with Crippen LogP contribution in [0, 0.1) is 0 Å². The minimum Gasteiger partial charge on any atom is -0.445 e. The van der Waals surface area contributed by atoms with E-state index in [-0.39, 0.29) is 118 Å². The number of alkyl carbamates (subject to hydrolysis) is 1. The van der Waals surface area contributed by atoms with Crippen molar-refractivity contribution in [2.45, 2.75) is 31.5 Å². The third kappa shape index (κ3) is 15.7. The number of hydrogen-bond acceptors (Lipinski definition) is 16. The first kappa shape index (κ1) is 66.1. The van der Waals surface area contributed by atoms with Gasteiger partial charge >= 0.3 is 6.09 Å². The molecular weight excluding hydrogens is 1250 g/mol. The smallest absolute Gasteiger partial charge is 0.407 e. The van der Waals surface area contributed by atoms with E-state index in [2.05, 4.69) is 73.4 Å². The van der Waals surface area contributed by atoms with Crippen molar-refractivity contribution < 1.29 is 57.5 Å². The second-order valence-corrected chi connectivity index (χ2v) is 22.6. The van der Waals surface area contributed by atoms with Crippen LogP contribution in [0.1, 0.15) is 103 Å². The minimum atomic E-state index is -1.08. The number of aryl methyl sites for hydroxylation is 8. The second-order valence-electron chi connectivity index (χ2n) is 22.6. The number of ether oxygens (including phenoxy) is 1. The number of rotatable bonds is 3. The van der Waals surface area contributed by atoms with Crippen molar-refractivity contribution >= 4 is 111 Å². The molecule has 0 spiro atoms. The summed E-state index contributed by atoms with van der Waals surface area (Å²) in [5.41, 5.74) is 8.65. The lowest BCUT2D eigenvalue weighted by atomic mass is 10.2. The maximum Gasteiger partial charge on any atom is 0.407 e. The Morgan fingerprint density at radius 2 is 0.760 bits per heavy atom. The molecule has 35 nitrogen and oxygen atoms in total. The number of nitrogens with zero attached hydrogens (tertiary/aromatic N) is 11. The molecule has 13 N–H and O–H groups in total. The average Bonchev–Trinajstić information content (AvgIpc) is 1.71. The molecule has 0 fully saturated rings. The molecule has 1 aliphatic rings. The molecule has 0 radical (unpaired) electrons. The fourth-order valence-electron chi connectivity index (χ4n) is 10.3. The Bertz CT molecular complexity index is 4570. The molecule has 9 aromatic rings. The number of benzene rings is 1. The zero-order valence-electron chi connectivity index (χ0n) is 53.0. The van der Waals surface area contributed by atoms with Crippen molar-refractivity contribution in [2.75, 3.05) is 55.6 Å². The minimum absolute atomic E-state index is 0.0146. The molecule has 0 saturated carbocycles. The van der Waals surface area contributed by atoms with Crippen molar-refractivity contribution in [1.29, 1.82) is 0 Å². The molecule has 1 aliphatic heterocycles. The highest BCUT2D eigenvalue weighted by molar-refractivity contribution is 6.10. The quantitative estimate of drug-likeness (QED) is 0.121. The first-order chi connectivity index (χ1) is 45.7. The van der Waals surface area contributed by atoms with Crippen LogP contribution in [-0.4, -0.2) is 142 Å². The van der Waals surface area contributed by atoms with Crippen LogP contribution >= 0.6 is 0 Å². The predicted molar refractivity (Wildman–Crippen MR) is 347 cm³/mol. The van der Waals surface area contributed by atoms with Gasteiger partial charge in [0.1, 0.15) is 35.1 Å². The van der Waals surface area contributed by atoms with E-state index in [1.165, 1.54) is 138 Å². The van der Waals surface area contributed by atoms with Crippen LogP contribution in [-0.2, 0) is 77.3 Å². The lowest BCUT2D eigenvalue weighted by molar-refractivity contribution is -0.117. The van der Waals surface area contributed by atoms with Gasteiger partial charge in [-0.25, -0.2) is 19.7 Å². The third-order valence-corrected chi connectivity index (χ3v) is 14.9. The molecule has 0 saturated heterocycles. The summed E-state index contributed by atoms with van der Waals surface area (Å²) in [5, 5.41) is 29.5. The number of imidazole rings is 3. The van der Waals surface area contributed by atoms with Crippen LogP contribution in [0.25, 0.3) is 0 Å². The van der Waals surface area contributed by atoms with Crippen LogP contribution in [0.5, 0.6) is 0 Å². The number of hydrogen-bond donors (Lipinski definition) is 12. The van der Waals surface area contributed by atoms with Gasteiger partial charge in [-0.05, 0) is 35.9 Å². The van der Waals surface area contributed by atoms with Crippen molar-refractivity contribution in [3.05, 3.63) is 162 Å². The molecule has 9 heterocycles. The van der Waals surface area contributed by atoms with Crippen molar-refractivity contribution in [2.24, 2.45) is 62.1 Å². The monoisotopic (exact) mass is 1310 g/mol. The van der Waals surface area contributed by atoms with E-state index < -0.39 is 83.7 Å². The highest BCUT2D eigenvalue weighted by Gasteiger charge is 2.27. The molecule has 35 heteroatoms. The van der Waals surface area contributed by atoms with E-state index in [0.717, 1.165) is 0 Å². The molecule has 96 heavy (non-hydrogen) atoms. The molecule has 16 bridgehead atoms. The maximum atomic E-state index is 13.8. The summed E-state index contributed by atoms with van der Waals surface area (Å²) in [6.07, 6.45) is 10.1. The molecule has 0 aliphatic carbocycles. The molecule has 2 atom stereocenters. The number of carbonyl (C=O) groups excluding carboxylic acids is 11. The van der Waals surface area contributed by atoms with Gasteiger partial charge in [0.05, 0.1) is 34.5 Å². The molecule has 11 amide bonds. The standard InChI is InChI=1S/C61H67N23O12/c1-77-23-35-15-40(77)53(87)63-21-33(62)14-48(85)71-45-28-83(7)52(74-45)60(94)76-47-30-84(8)51(75-47)59(93)69-39-19-43(80(4)27-39)56(90)66-36-16-41(78(2)24-36)54(88)64-22-34(70-61(95)96-31-32-12-10-9-11-13-32)20-49(86)72-46-29-82(6)50(73-46)58(92)68-38-18-44(81(5)26-38)57(91)67-37-17-42(55(89)65-35)79(3)25-37/h9-13,15-19,23-30,33-34H,14,20-22,31,62H2,1-8H3,(H,63,87)(H,64,88)(H,65,89)(H,66,90)(H,67,91)(H,68,92)(H,69,93)(H,70,95)(H,71,85)(H,72,86)(H,76,94)/t33-,34-/m1/s1. The average molecular weight is 1310 g/mol. The van der Waals surface area contributed by atoms with E-state index in [1.54, 1.807) is 65.6 Å². The van der Waals surface area contributed by atoms with Gasteiger partial charge in [0.15, 0.2) is 17.5 Å². The van der Waals surface area contributed by atoms with E-state index in [0.29, 0.717) is 5.56 Å². The van der Waals surface area contributed by atoms with Gasteiger partial charge in [0.25, 0.3) is 47.3 Å². The fourth-order valence-corrected chi connectivity index (χ4v) is 10.3. The number of carbonyl (C=O) groups is 11. The van der Waals surface area contributed by atoms with Crippen LogP contribution in [0.4, 0.5) is 50.7 Å². The first-order valence-corrected chi connectivity index (χ1v) is 29.4. The zero-order valence-corrected chi connectivity index (χ0v) is 53.0. The number of amides is 11. The third-order valence-electron chi connectivity index (χ3n) is 14.9. The number of aromatic nitrogens is 11. The Morgan fingerprint density at radius 1 is 0.427 bits per heavy atom. The number of nitrogens with two attached hydrogens (primary N) is 1. The van der Waals surface area contributed by atoms with Crippen LogP contribution in [0.3, 0.4) is 0 Å². The molecule has 8 aromatic heterocycles. The highest BCUT2D eigenvalue weighted by atomic mass is 16.5. The van der Waals surface area contributed by atoms with Gasteiger partial charge < -0.3 is 105 Å². The van der Waals surface area contributed by atoms with Gasteiger partial charge in [-0.15, -0.1) is 0 Å². The zero-order chi connectivity index (χ0) is 68.8. The summed E-state index contributed by atoms with van der Waals surface area (Å²) in [5.74, 6) is -6.83. The number of fused-ring (bicyclic) bond motifs is 16. The number of nitrogens with one attached hydrogen (secondary N) is 11. The topological polar surface area (TPSA) is 433 Å². The first-order valence-electron chi connectivity index (χ1n) is 29.4. The lowest BCUT2D eigenvalue weighted by Gasteiger charge is -2.19. The summed E-state index contributed by atoms with van der Waals surface area (Å²) < 4.78 is 16.8. The molecule has 10 rings (SSSR count). The van der Waals surface area contributed by atoms with Crippen molar-refractivity contribution in [1.82, 2.24) is 67.4 Å². The highest BCUT2D eigenvalue weighted by Crippen LogP contribution is 2.23. The summed E-state index contributed by atoms with van der Waals surface area (Å²) in [7, 11) is 12.5. The van der Waals surface area contributed by atoms with Crippen molar-refractivity contribution in [3.63, 3.8) is 0 Å². The Morgan fingerprint density at radius 3 is 1.16 bits per heavy atom. The Balaban J connectivity index is 0.854. The van der Waals surface area contributed by atoms with Gasteiger partial charge in [0, 0.05) is 138 Å². The fraction of sp³-hybridized carbons (Fsp3) is 0.246. The molecular formula is C61H67N23O12. The Labute approximate surface area is 545 Å². The van der Waals surface area contributed by atoms with E-state index in [1.807, 2.05) is 0 Å². The Kier molecular flexibility index (Phi) is 19.3. The van der Waals surface area contributed by atoms with Crippen LogP contribution in [0.2, 0.25) is 0 Å². The maximum absolute atomic E-state index is 13.8. The SMILES string of the molecule is Cn1cc2cc1C(=O)NC[C@H](N)CC(=O)Nc1cn(C)c(n1)C(=O)Nc1cn(C)c(n1)C(=O)Nc1cc(n(C)c1)C(=O)Nc1cc(n(C)c1)C(=O)NC[C@H](NC(=O)OCc1ccccc1)CC(=O)Nc1cn(C)c(n1)C(=O)Nc1cc(n(C)c1)C(=O)Nc1cc(n(C)c1)C(=O)N2. The largest absolute Gasteiger partial charge is 0.445 e. The van der Waals surface area contributed by atoms with Crippen LogP contribution in [0.15, 0.2) is 110 Å². The Hall–Kier alpha value is -12.8. The summed E-state index contributed by atoms with van der Waals surface area (Å²) in [6.45, 7) is -0.537. The van der Waals surface area contributed by atoms with Gasteiger partial charge in [0.2, 0.25) is 29.3 Å². The van der Waals surface area contributed by atoms with E-state index in [4.69, 9.17) is 10.5 Å².